The molecule has 2 saturated carbocycles. The van der Waals surface area contributed by atoms with Crippen molar-refractivity contribution in [2.45, 2.75) is 70.9 Å². The smallest absolute Gasteiger partial charge is 0.246 e. The Morgan fingerprint density at radius 1 is 1.05 bits per heavy atom. The molecule has 21 heavy (non-hydrogen) atoms. The summed E-state index contributed by atoms with van der Waals surface area (Å²) in [6.45, 7) is 4.95. The molecule has 0 aromatic rings. The molecule has 1 aliphatic heterocycles. The van der Waals surface area contributed by atoms with Crippen molar-refractivity contribution in [1.82, 2.24) is 10.2 Å². The predicted molar refractivity (Wildman–Crippen MR) is 81.6 cm³/mol. The van der Waals surface area contributed by atoms with Crippen LogP contribution in [0.3, 0.4) is 0 Å². The number of carbonyl (C=O) groups excluding carboxylic acids is 2. The first kappa shape index (κ1) is 14.9. The molecule has 2 unspecified atom stereocenters. The van der Waals surface area contributed by atoms with Gasteiger partial charge in [0.05, 0.1) is 0 Å². The van der Waals surface area contributed by atoms with E-state index in [-0.39, 0.29) is 23.9 Å². The van der Waals surface area contributed by atoms with Gasteiger partial charge in [-0.25, -0.2) is 0 Å². The summed E-state index contributed by atoms with van der Waals surface area (Å²) in [5, 5.41) is 2.92. The minimum absolute atomic E-state index is 0.0313. The summed E-state index contributed by atoms with van der Waals surface area (Å²) in [6.07, 6.45) is 8.44. The molecule has 4 nitrogen and oxygen atoms in total. The number of hydrogen-bond donors (Lipinski definition) is 1. The summed E-state index contributed by atoms with van der Waals surface area (Å²) >= 11 is 0. The first-order valence-corrected chi connectivity index (χ1v) is 8.67. The van der Waals surface area contributed by atoms with E-state index in [4.69, 9.17) is 0 Å². The van der Waals surface area contributed by atoms with Crippen LogP contribution in [0.4, 0.5) is 0 Å². The molecule has 3 fully saturated rings. The SMILES string of the molecule is CC1CCC(CCN2C(=O)C(C3CC3)NC(=O)C2C)CC1. The molecule has 1 heterocycles. The molecule has 3 rings (SSSR count). The quantitative estimate of drug-likeness (QED) is 0.864. The van der Waals surface area contributed by atoms with Crippen LogP contribution in [0.2, 0.25) is 0 Å². The van der Waals surface area contributed by atoms with Gasteiger partial charge in [-0.15, -0.1) is 0 Å². The molecule has 1 N–H and O–H groups in total. The Morgan fingerprint density at radius 2 is 1.71 bits per heavy atom. The van der Waals surface area contributed by atoms with Crippen molar-refractivity contribution >= 4 is 11.8 Å². The second-order valence-electron chi connectivity index (χ2n) is 7.45. The first-order valence-electron chi connectivity index (χ1n) is 8.67. The monoisotopic (exact) mass is 292 g/mol. The average molecular weight is 292 g/mol. The van der Waals surface area contributed by atoms with Crippen LogP contribution in [-0.2, 0) is 9.59 Å². The molecule has 4 heteroatoms. The first-order chi connectivity index (χ1) is 10.1. The maximum absolute atomic E-state index is 12.6. The zero-order valence-electron chi connectivity index (χ0n) is 13.3. The standard InChI is InChI=1S/C17H28N2O2/c1-11-3-5-13(6-4-11)9-10-19-12(2)16(20)18-15(17(19)21)14-7-8-14/h11-15H,3-10H2,1-2H3,(H,18,20). The lowest BCUT2D eigenvalue weighted by Crippen LogP contribution is -2.63. The lowest BCUT2D eigenvalue weighted by molar-refractivity contribution is -0.149. The highest BCUT2D eigenvalue weighted by Gasteiger charge is 2.45. The topological polar surface area (TPSA) is 49.4 Å². The molecule has 1 saturated heterocycles. The summed E-state index contributed by atoms with van der Waals surface area (Å²) in [4.78, 5) is 26.5. The minimum Gasteiger partial charge on any atom is -0.342 e. The summed E-state index contributed by atoms with van der Waals surface area (Å²) in [5.41, 5.74) is 0. The van der Waals surface area contributed by atoms with Crippen molar-refractivity contribution in [2.24, 2.45) is 17.8 Å². The van der Waals surface area contributed by atoms with E-state index in [1.165, 1.54) is 25.7 Å². The number of carbonyl (C=O) groups is 2. The van der Waals surface area contributed by atoms with Gasteiger partial charge in [0.15, 0.2) is 0 Å². The van der Waals surface area contributed by atoms with Crippen molar-refractivity contribution in [3.05, 3.63) is 0 Å². The Bertz CT molecular complexity index is 411. The van der Waals surface area contributed by atoms with Gasteiger partial charge in [0.25, 0.3) is 0 Å². The summed E-state index contributed by atoms with van der Waals surface area (Å²) in [7, 11) is 0. The predicted octanol–water partition coefficient (Wildman–Crippen LogP) is 2.33. The van der Waals surface area contributed by atoms with E-state index in [1.54, 1.807) is 0 Å². The van der Waals surface area contributed by atoms with Crippen LogP contribution in [0.5, 0.6) is 0 Å². The number of nitrogens with zero attached hydrogens (tertiary/aromatic N) is 1. The van der Waals surface area contributed by atoms with Gasteiger partial charge in [-0.2, -0.15) is 0 Å². The molecule has 0 aromatic heterocycles. The fourth-order valence-electron chi connectivity index (χ4n) is 3.84. The lowest BCUT2D eigenvalue weighted by atomic mass is 9.81. The van der Waals surface area contributed by atoms with Crippen molar-refractivity contribution in [3.8, 4) is 0 Å². The number of rotatable bonds is 4. The third-order valence-corrected chi connectivity index (χ3v) is 5.70. The number of piperazine rings is 1. The van der Waals surface area contributed by atoms with Crippen molar-refractivity contribution in [2.75, 3.05) is 6.54 Å². The van der Waals surface area contributed by atoms with Gasteiger partial charge in [0.2, 0.25) is 11.8 Å². The minimum atomic E-state index is -0.296. The molecule has 0 spiro atoms. The molecule has 2 amide bonds. The van der Waals surface area contributed by atoms with Crippen LogP contribution in [0.15, 0.2) is 0 Å². The van der Waals surface area contributed by atoms with E-state index in [0.29, 0.717) is 5.92 Å². The Labute approximate surface area is 127 Å². The van der Waals surface area contributed by atoms with Crippen molar-refractivity contribution in [1.29, 1.82) is 0 Å². The van der Waals surface area contributed by atoms with Gasteiger partial charge < -0.3 is 10.2 Å². The van der Waals surface area contributed by atoms with Crippen LogP contribution < -0.4 is 5.32 Å². The summed E-state index contributed by atoms with van der Waals surface area (Å²) < 4.78 is 0. The fourth-order valence-corrected chi connectivity index (χ4v) is 3.84. The van der Waals surface area contributed by atoms with Crippen LogP contribution in [0.1, 0.15) is 58.8 Å². The summed E-state index contributed by atoms with van der Waals surface area (Å²) in [6, 6.07) is -0.532. The Morgan fingerprint density at radius 3 is 2.33 bits per heavy atom. The number of nitrogens with one attached hydrogen (secondary N) is 1. The van der Waals surface area contributed by atoms with Gasteiger partial charge >= 0.3 is 0 Å². The highest BCUT2D eigenvalue weighted by Crippen LogP contribution is 2.35. The highest BCUT2D eigenvalue weighted by atomic mass is 16.2. The van der Waals surface area contributed by atoms with Gasteiger partial charge in [-0.1, -0.05) is 32.6 Å². The average Bonchev–Trinajstić information content (AvgIpc) is 3.29. The second kappa shape index (κ2) is 5.98. The fraction of sp³-hybridized carbons (Fsp3) is 0.882. The van der Waals surface area contributed by atoms with E-state index >= 15 is 0 Å². The molecule has 2 aliphatic carbocycles. The van der Waals surface area contributed by atoms with Crippen molar-refractivity contribution < 1.29 is 9.59 Å². The zero-order valence-corrected chi connectivity index (χ0v) is 13.3. The normalized spacial score (nSPS) is 37.5. The van der Waals surface area contributed by atoms with Gasteiger partial charge in [-0.3, -0.25) is 9.59 Å². The molecule has 0 aromatic carbocycles. The largest absolute Gasteiger partial charge is 0.342 e. The Hall–Kier alpha value is -1.06. The molecule has 0 radical (unpaired) electrons. The zero-order chi connectivity index (χ0) is 15.0. The maximum Gasteiger partial charge on any atom is 0.246 e. The van der Waals surface area contributed by atoms with Gasteiger partial charge in [-0.05, 0) is 43.9 Å². The van der Waals surface area contributed by atoms with E-state index in [9.17, 15) is 9.59 Å². The van der Waals surface area contributed by atoms with E-state index in [0.717, 1.165) is 37.6 Å². The van der Waals surface area contributed by atoms with E-state index < -0.39 is 0 Å². The third-order valence-electron chi connectivity index (χ3n) is 5.70. The second-order valence-corrected chi connectivity index (χ2v) is 7.45. The Kier molecular flexibility index (Phi) is 4.23. The maximum atomic E-state index is 12.6. The third kappa shape index (κ3) is 3.24. The molecular formula is C17H28N2O2. The molecule has 3 aliphatic rings. The van der Waals surface area contributed by atoms with Crippen molar-refractivity contribution in [3.63, 3.8) is 0 Å². The van der Waals surface area contributed by atoms with Crippen LogP contribution >= 0.6 is 0 Å². The molecular weight excluding hydrogens is 264 g/mol. The molecule has 0 bridgehead atoms. The molecule has 2 atom stereocenters. The Balaban J connectivity index is 1.56. The van der Waals surface area contributed by atoms with Gasteiger partial charge in [0, 0.05) is 6.54 Å². The molecule has 118 valence electrons. The van der Waals surface area contributed by atoms with E-state index in [1.807, 2.05) is 11.8 Å². The lowest BCUT2D eigenvalue weighted by Gasteiger charge is -2.38. The number of hydrogen-bond acceptors (Lipinski definition) is 2. The highest BCUT2D eigenvalue weighted by molar-refractivity contribution is 5.97. The van der Waals surface area contributed by atoms with Crippen LogP contribution in [0.25, 0.3) is 0 Å². The summed E-state index contributed by atoms with van der Waals surface area (Å²) in [5.74, 6) is 2.19. The van der Waals surface area contributed by atoms with Gasteiger partial charge in [0.1, 0.15) is 12.1 Å². The van der Waals surface area contributed by atoms with Crippen LogP contribution in [-0.4, -0.2) is 35.3 Å². The number of amides is 2. The van der Waals surface area contributed by atoms with E-state index in [2.05, 4.69) is 12.2 Å². The van der Waals surface area contributed by atoms with Crippen LogP contribution in [0, 0.1) is 17.8 Å².